The van der Waals surface area contributed by atoms with Gasteiger partial charge in [0.25, 0.3) is 0 Å². The Kier molecular flexibility index (Phi) is 5.42. The summed E-state index contributed by atoms with van der Waals surface area (Å²) in [6, 6.07) is 0. The molecule has 0 rings (SSSR count). The van der Waals surface area contributed by atoms with E-state index in [0.29, 0.717) is 13.0 Å². The molecule has 0 N–H and O–H groups in total. The van der Waals surface area contributed by atoms with Crippen LogP contribution in [0.1, 0.15) is 20.3 Å². The van der Waals surface area contributed by atoms with Crippen molar-refractivity contribution in [3.8, 4) is 0 Å². The fourth-order valence-corrected chi connectivity index (χ4v) is 0.839. The Bertz CT molecular complexity index is 200. The topological polar surface area (TPSA) is 38.8 Å². The Hall–Kier alpha value is -0.870. The molecule has 14 heavy (non-hydrogen) atoms. The minimum atomic E-state index is -0.513. The van der Waals surface area contributed by atoms with Gasteiger partial charge in [0, 0.05) is 26.6 Å². The maximum absolute atomic E-state index is 10.9. The molecule has 0 saturated heterocycles. The molecule has 0 aromatic heterocycles. The van der Waals surface area contributed by atoms with E-state index in [9.17, 15) is 4.79 Å². The number of esters is 1. The van der Waals surface area contributed by atoms with Crippen LogP contribution in [0.25, 0.3) is 0 Å². The standard InChI is InChI=1S/C10H19NO3/c1-6-9(12)14-10(2,3)7-8-13-11(4)5/h6H,1,7-8H2,2-5H3. The third-order valence-electron chi connectivity index (χ3n) is 1.60. The number of carbonyl (C=O) groups is 1. The number of carbonyl (C=O) groups excluding carboxylic acids is 1. The van der Waals surface area contributed by atoms with E-state index in [0.717, 1.165) is 6.08 Å². The first-order valence-electron chi connectivity index (χ1n) is 4.53. The molecule has 0 bridgehead atoms. The zero-order chi connectivity index (χ0) is 11.2. The van der Waals surface area contributed by atoms with Crippen LogP contribution in [-0.2, 0) is 14.4 Å². The van der Waals surface area contributed by atoms with Gasteiger partial charge in [0.1, 0.15) is 5.60 Å². The molecule has 82 valence electrons. The summed E-state index contributed by atoms with van der Waals surface area (Å²) in [5.41, 5.74) is -0.513. The van der Waals surface area contributed by atoms with E-state index in [2.05, 4.69) is 6.58 Å². The van der Waals surface area contributed by atoms with E-state index < -0.39 is 11.6 Å². The van der Waals surface area contributed by atoms with Crippen LogP contribution in [0, 0.1) is 0 Å². The largest absolute Gasteiger partial charge is 0.456 e. The molecule has 4 nitrogen and oxygen atoms in total. The molecule has 0 aromatic rings. The van der Waals surface area contributed by atoms with Crippen LogP contribution in [0.5, 0.6) is 0 Å². The molecule has 0 aliphatic carbocycles. The Labute approximate surface area is 85.4 Å². The van der Waals surface area contributed by atoms with Crippen LogP contribution < -0.4 is 0 Å². The highest BCUT2D eigenvalue weighted by atomic mass is 16.7. The van der Waals surface area contributed by atoms with E-state index in [-0.39, 0.29) is 0 Å². The van der Waals surface area contributed by atoms with Gasteiger partial charge in [-0.05, 0) is 13.8 Å². The SMILES string of the molecule is C=CC(=O)OC(C)(C)CCON(C)C. The van der Waals surface area contributed by atoms with Crippen LogP contribution in [-0.4, -0.2) is 37.3 Å². The van der Waals surface area contributed by atoms with Gasteiger partial charge in [-0.1, -0.05) is 6.58 Å². The van der Waals surface area contributed by atoms with Crippen molar-refractivity contribution in [1.29, 1.82) is 0 Å². The summed E-state index contributed by atoms with van der Waals surface area (Å²) in [4.78, 5) is 16.1. The fourth-order valence-electron chi connectivity index (χ4n) is 0.839. The maximum atomic E-state index is 10.9. The Morgan fingerprint density at radius 3 is 2.50 bits per heavy atom. The molecule has 0 amide bonds. The van der Waals surface area contributed by atoms with Crippen LogP contribution >= 0.6 is 0 Å². The number of hydrogen-bond donors (Lipinski definition) is 0. The van der Waals surface area contributed by atoms with Gasteiger partial charge in [-0.15, -0.1) is 0 Å². The van der Waals surface area contributed by atoms with Gasteiger partial charge in [0.15, 0.2) is 0 Å². The van der Waals surface area contributed by atoms with Gasteiger partial charge in [-0.3, -0.25) is 4.84 Å². The number of hydrogen-bond acceptors (Lipinski definition) is 4. The van der Waals surface area contributed by atoms with Crippen molar-refractivity contribution in [2.75, 3.05) is 20.7 Å². The third-order valence-corrected chi connectivity index (χ3v) is 1.60. The highest BCUT2D eigenvalue weighted by Gasteiger charge is 2.21. The van der Waals surface area contributed by atoms with Crippen molar-refractivity contribution in [3.05, 3.63) is 12.7 Å². The minimum Gasteiger partial charge on any atom is -0.456 e. The second kappa shape index (κ2) is 5.78. The highest BCUT2D eigenvalue weighted by Crippen LogP contribution is 2.14. The molecule has 0 spiro atoms. The van der Waals surface area contributed by atoms with Gasteiger partial charge >= 0.3 is 5.97 Å². The first-order valence-corrected chi connectivity index (χ1v) is 4.53. The van der Waals surface area contributed by atoms with Crippen LogP contribution in [0.4, 0.5) is 0 Å². The van der Waals surface area contributed by atoms with Crippen molar-refractivity contribution >= 4 is 5.97 Å². The molecule has 0 heterocycles. The monoisotopic (exact) mass is 201 g/mol. The van der Waals surface area contributed by atoms with E-state index in [4.69, 9.17) is 9.57 Å². The molecular weight excluding hydrogens is 182 g/mol. The average Bonchev–Trinajstić information content (AvgIpc) is 2.02. The number of rotatable bonds is 6. The molecule has 0 radical (unpaired) electrons. The molecule has 0 aromatic carbocycles. The lowest BCUT2D eigenvalue weighted by Gasteiger charge is -2.24. The maximum Gasteiger partial charge on any atom is 0.330 e. The van der Waals surface area contributed by atoms with Crippen molar-refractivity contribution < 1.29 is 14.4 Å². The zero-order valence-corrected chi connectivity index (χ0v) is 9.37. The molecule has 0 atom stereocenters. The van der Waals surface area contributed by atoms with Crippen molar-refractivity contribution in [2.24, 2.45) is 0 Å². The third kappa shape index (κ3) is 6.62. The number of hydroxylamine groups is 2. The van der Waals surface area contributed by atoms with Crippen molar-refractivity contribution in [2.45, 2.75) is 25.9 Å². The molecular formula is C10H19NO3. The van der Waals surface area contributed by atoms with Gasteiger partial charge in [0.2, 0.25) is 0 Å². The van der Waals surface area contributed by atoms with E-state index in [1.54, 1.807) is 5.06 Å². The number of nitrogens with zero attached hydrogens (tertiary/aromatic N) is 1. The number of ether oxygens (including phenoxy) is 1. The quantitative estimate of drug-likeness (QED) is 0.370. The fraction of sp³-hybridized carbons (Fsp3) is 0.700. The minimum absolute atomic E-state index is 0.403. The molecule has 0 aliphatic rings. The molecule has 0 unspecified atom stereocenters. The van der Waals surface area contributed by atoms with E-state index in [1.165, 1.54) is 0 Å². The van der Waals surface area contributed by atoms with Crippen LogP contribution in [0.15, 0.2) is 12.7 Å². The van der Waals surface area contributed by atoms with Crippen molar-refractivity contribution in [3.63, 3.8) is 0 Å². The van der Waals surface area contributed by atoms with Gasteiger partial charge in [-0.2, -0.15) is 5.06 Å². The van der Waals surface area contributed by atoms with E-state index in [1.807, 2.05) is 27.9 Å². The second-order valence-electron chi connectivity index (χ2n) is 3.78. The van der Waals surface area contributed by atoms with Crippen molar-refractivity contribution in [1.82, 2.24) is 5.06 Å². The normalized spacial score (nSPS) is 11.5. The van der Waals surface area contributed by atoms with Gasteiger partial charge < -0.3 is 4.74 Å². The summed E-state index contributed by atoms with van der Waals surface area (Å²) in [7, 11) is 3.62. The van der Waals surface area contributed by atoms with E-state index >= 15 is 0 Å². The molecule has 0 aliphatic heterocycles. The van der Waals surface area contributed by atoms with Crippen LogP contribution in [0.3, 0.4) is 0 Å². The summed E-state index contributed by atoms with van der Waals surface area (Å²) >= 11 is 0. The lowest BCUT2D eigenvalue weighted by molar-refractivity contribution is -0.159. The van der Waals surface area contributed by atoms with Gasteiger partial charge in [-0.25, -0.2) is 4.79 Å². The molecule has 0 fully saturated rings. The molecule has 0 saturated carbocycles. The lowest BCUT2D eigenvalue weighted by atomic mass is 10.1. The first kappa shape index (κ1) is 13.1. The Balaban J connectivity index is 3.82. The van der Waals surface area contributed by atoms with Gasteiger partial charge in [0.05, 0.1) is 6.61 Å². The smallest absolute Gasteiger partial charge is 0.330 e. The molecule has 4 heteroatoms. The summed E-state index contributed by atoms with van der Waals surface area (Å²) < 4.78 is 5.11. The Morgan fingerprint density at radius 1 is 1.50 bits per heavy atom. The highest BCUT2D eigenvalue weighted by molar-refractivity contribution is 5.81. The first-order chi connectivity index (χ1) is 6.37. The summed E-state index contributed by atoms with van der Waals surface area (Å²) in [5, 5.41) is 1.62. The predicted molar refractivity (Wildman–Crippen MR) is 54.6 cm³/mol. The predicted octanol–water partition coefficient (Wildman–Crippen LogP) is 1.38. The van der Waals surface area contributed by atoms with Crippen LogP contribution in [0.2, 0.25) is 0 Å². The Morgan fingerprint density at radius 2 is 2.07 bits per heavy atom. The summed E-state index contributed by atoms with van der Waals surface area (Å²) in [5.74, 6) is -0.403. The second-order valence-corrected chi connectivity index (χ2v) is 3.78. The lowest BCUT2D eigenvalue weighted by Crippen LogP contribution is -2.30. The zero-order valence-electron chi connectivity index (χ0n) is 9.37. The summed E-state index contributed by atoms with van der Waals surface area (Å²) in [6.07, 6.45) is 1.80. The summed E-state index contributed by atoms with van der Waals surface area (Å²) in [6.45, 7) is 7.54. The average molecular weight is 201 g/mol.